The Hall–Kier alpha value is -0.940. The average Bonchev–Trinajstić information content (AvgIpc) is 2.95. The Labute approximate surface area is 167 Å². The van der Waals surface area contributed by atoms with Crippen LogP contribution in [0.5, 0.6) is 0 Å². The number of methoxy groups -OCH3 is 1. The SMILES string of the molecule is CN=C(NCCCOC(C)C)NC1CCc2nc(COC)nn2C1.I. The third-order valence-electron chi connectivity index (χ3n) is 3.80. The second-order valence-electron chi connectivity index (χ2n) is 6.21. The Morgan fingerprint density at radius 1 is 1.44 bits per heavy atom. The average molecular weight is 466 g/mol. The summed E-state index contributed by atoms with van der Waals surface area (Å²) in [5.41, 5.74) is 0. The standard InChI is InChI=1S/C16H30N6O2.HI/c1-12(2)24-9-5-8-18-16(17-3)19-13-6-7-15-20-14(11-23-4)21-22(15)10-13;/h12-13H,5-11H2,1-4H3,(H2,17,18,19);1H. The maximum absolute atomic E-state index is 5.54. The molecule has 1 aliphatic heterocycles. The second kappa shape index (κ2) is 11.6. The summed E-state index contributed by atoms with van der Waals surface area (Å²) in [6.07, 6.45) is 3.16. The minimum Gasteiger partial charge on any atom is -0.379 e. The fourth-order valence-electron chi connectivity index (χ4n) is 2.65. The number of nitrogens with zero attached hydrogens (tertiary/aromatic N) is 4. The lowest BCUT2D eigenvalue weighted by Crippen LogP contribution is -2.47. The molecule has 25 heavy (non-hydrogen) atoms. The predicted octanol–water partition coefficient (Wildman–Crippen LogP) is 1.34. The van der Waals surface area contributed by atoms with Gasteiger partial charge in [0.15, 0.2) is 11.8 Å². The molecule has 8 nitrogen and oxygen atoms in total. The first-order valence-electron chi connectivity index (χ1n) is 8.62. The van der Waals surface area contributed by atoms with Crippen molar-refractivity contribution < 1.29 is 9.47 Å². The van der Waals surface area contributed by atoms with Gasteiger partial charge in [0.1, 0.15) is 12.4 Å². The van der Waals surface area contributed by atoms with Crippen molar-refractivity contribution in [3.63, 3.8) is 0 Å². The van der Waals surface area contributed by atoms with Crippen molar-refractivity contribution in [1.29, 1.82) is 0 Å². The van der Waals surface area contributed by atoms with E-state index in [0.717, 1.165) is 56.6 Å². The van der Waals surface area contributed by atoms with E-state index in [9.17, 15) is 0 Å². The van der Waals surface area contributed by atoms with E-state index in [2.05, 4.69) is 25.7 Å². The van der Waals surface area contributed by atoms with E-state index in [4.69, 9.17) is 9.47 Å². The summed E-state index contributed by atoms with van der Waals surface area (Å²) in [6, 6.07) is 0.299. The maximum atomic E-state index is 5.54. The Bertz CT molecular complexity index is 535. The summed E-state index contributed by atoms with van der Waals surface area (Å²) in [5, 5.41) is 11.3. The molecule has 144 valence electrons. The third kappa shape index (κ3) is 7.45. The molecule has 1 aromatic rings. The van der Waals surface area contributed by atoms with Gasteiger partial charge in [0.2, 0.25) is 0 Å². The Kier molecular flexibility index (Phi) is 10.3. The summed E-state index contributed by atoms with van der Waals surface area (Å²) in [6.45, 7) is 6.95. The number of rotatable bonds is 8. The van der Waals surface area contributed by atoms with Gasteiger partial charge in [-0.15, -0.1) is 24.0 Å². The molecule has 2 heterocycles. The van der Waals surface area contributed by atoms with E-state index in [1.807, 2.05) is 18.5 Å². The topological polar surface area (TPSA) is 85.6 Å². The molecule has 1 unspecified atom stereocenters. The molecule has 1 aliphatic rings. The van der Waals surface area contributed by atoms with Crippen LogP contribution in [0.25, 0.3) is 0 Å². The molecule has 1 aromatic heterocycles. The molecule has 0 saturated heterocycles. The smallest absolute Gasteiger partial charge is 0.191 e. The van der Waals surface area contributed by atoms with Crippen LogP contribution in [0.3, 0.4) is 0 Å². The first kappa shape index (κ1) is 22.1. The zero-order valence-corrected chi connectivity index (χ0v) is 17.9. The molecule has 0 aromatic carbocycles. The Balaban J connectivity index is 0.00000312. The predicted molar refractivity (Wildman–Crippen MR) is 108 cm³/mol. The molecule has 2 N–H and O–H groups in total. The first-order valence-corrected chi connectivity index (χ1v) is 8.62. The van der Waals surface area contributed by atoms with E-state index in [1.165, 1.54) is 0 Å². The molecule has 0 spiro atoms. The van der Waals surface area contributed by atoms with E-state index in [-0.39, 0.29) is 30.1 Å². The van der Waals surface area contributed by atoms with Crippen LogP contribution in [-0.4, -0.2) is 60.2 Å². The zero-order chi connectivity index (χ0) is 17.4. The molecule has 0 bridgehead atoms. The molecular formula is C16H31IN6O2. The van der Waals surface area contributed by atoms with Gasteiger partial charge < -0.3 is 20.1 Å². The van der Waals surface area contributed by atoms with Gasteiger partial charge in [-0.2, -0.15) is 5.10 Å². The van der Waals surface area contributed by atoms with Gasteiger partial charge >= 0.3 is 0 Å². The van der Waals surface area contributed by atoms with E-state index in [1.54, 1.807) is 14.2 Å². The van der Waals surface area contributed by atoms with Gasteiger partial charge in [-0.25, -0.2) is 9.67 Å². The highest BCUT2D eigenvalue weighted by atomic mass is 127. The summed E-state index contributed by atoms with van der Waals surface area (Å²) in [7, 11) is 3.45. The van der Waals surface area contributed by atoms with Crippen molar-refractivity contribution in [2.45, 2.75) is 58.4 Å². The Morgan fingerprint density at radius 3 is 2.92 bits per heavy atom. The van der Waals surface area contributed by atoms with Crippen LogP contribution >= 0.6 is 24.0 Å². The summed E-state index contributed by atoms with van der Waals surface area (Å²) in [5.74, 6) is 2.61. The number of halogens is 1. The number of hydrogen-bond donors (Lipinski definition) is 2. The number of aliphatic imine (C=N–C) groups is 1. The van der Waals surface area contributed by atoms with Crippen LogP contribution in [-0.2, 0) is 29.0 Å². The van der Waals surface area contributed by atoms with Crippen LogP contribution in [0.4, 0.5) is 0 Å². The molecule has 0 amide bonds. The fraction of sp³-hybridized carbons (Fsp3) is 0.812. The third-order valence-corrected chi connectivity index (χ3v) is 3.80. The molecule has 0 fully saturated rings. The normalized spacial score (nSPS) is 17.2. The van der Waals surface area contributed by atoms with Crippen molar-refractivity contribution in [3.8, 4) is 0 Å². The van der Waals surface area contributed by atoms with Gasteiger partial charge in [-0.1, -0.05) is 0 Å². The summed E-state index contributed by atoms with van der Waals surface area (Å²) < 4.78 is 12.6. The minimum absolute atomic E-state index is 0. The van der Waals surface area contributed by atoms with Crippen molar-refractivity contribution in [3.05, 3.63) is 11.6 Å². The lowest BCUT2D eigenvalue weighted by Gasteiger charge is -2.25. The summed E-state index contributed by atoms with van der Waals surface area (Å²) >= 11 is 0. The van der Waals surface area contributed by atoms with Crippen molar-refractivity contribution in [1.82, 2.24) is 25.4 Å². The van der Waals surface area contributed by atoms with Crippen molar-refractivity contribution in [2.75, 3.05) is 27.3 Å². The molecule has 1 atom stereocenters. The number of hydrogen-bond acceptors (Lipinski definition) is 5. The largest absolute Gasteiger partial charge is 0.379 e. The highest BCUT2D eigenvalue weighted by molar-refractivity contribution is 14.0. The summed E-state index contributed by atoms with van der Waals surface area (Å²) in [4.78, 5) is 8.79. The van der Waals surface area contributed by atoms with Crippen LogP contribution < -0.4 is 10.6 Å². The number of ether oxygens (including phenoxy) is 2. The lowest BCUT2D eigenvalue weighted by molar-refractivity contribution is 0.0776. The van der Waals surface area contributed by atoms with Crippen LogP contribution in [0.1, 0.15) is 38.3 Å². The number of fused-ring (bicyclic) bond motifs is 1. The highest BCUT2D eigenvalue weighted by Crippen LogP contribution is 2.13. The molecule has 0 aliphatic carbocycles. The first-order chi connectivity index (χ1) is 11.6. The van der Waals surface area contributed by atoms with E-state index >= 15 is 0 Å². The molecule has 9 heteroatoms. The second-order valence-corrected chi connectivity index (χ2v) is 6.21. The number of guanidine groups is 1. The van der Waals surface area contributed by atoms with E-state index < -0.39 is 0 Å². The van der Waals surface area contributed by atoms with Crippen LogP contribution in [0.2, 0.25) is 0 Å². The quantitative estimate of drug-likeness (QED) is 0.260. The van der Waals surface area contributed by atoms with Gasteiger partial charge in [0.25, 0.3) is 0 Å². The number of aromatic nitrogens is 3. The Morgan fingerprint density at radius 2 is 2.24 bits per heavy atom. The van der Waals surface area contributed by atoms with Gasteiger partial charge in [0, 0.05) is 39.8 Å². The van der Waals surface area contributed by atoms with Gasteiger partial charge in [-0.3, -0.25) is 4.99 Å². The monoisotopic (exact) mass is 466 g/mol. The minimum atomic E-state index is 0. The number of aryl methyl sites for hydroxylation is 1. The van der Waals surface area contributed by atoms with E-state index in [0.29, 0.717) is 12.6 Å². The van der Waals surface area contributed by atoms with Crippen molar-refractivity contribution >= 4 is 29.9 Å². The molecule has 0 saturated carbocycles. The number of nitrogens with one attached hydrogen (secondary N) is 2. The van der Waals surface area contributed by atoms with Crippen molar-refractivity contribution in [2.24, 2.45) is 4.99 Å². The zero-order valence-electron chi connectivity index (χ0n) is 15.6. The highest BCUT2D eigenvalue weighted by Gasteiger charge is 2.22. The van der Waals surface area contributed by atoms with Gasteiger partial charge in [-0.05, 0) is 26.7 Å². The maximum Gasteiger partial charge on any atom is 0.191 e. The lowest BCUT2D eigenvalue weighted by atomic mass is 10.1. The van der Waals surface area contributed by atoms with Crippen LogP contribution in [0.15, 0.2) is 4.99 Å². The molecule has 0 radical (unpaired) electrons. The van der Waals surface area contributed by atoms with Crippen LogP contribution in [0, 0.1) is 0 Å². The molecular weight excluding hydrogens is 435 g/mol. The fourth-order valence-corrected chi connectivity index (χ4v) is 2.65. The van der Waals surface area contributed by atoms with Gasteiger partial charge in [0.05, 0.1) is 12.6 Å². The molecule has 2 rings (SSSR count).